The van der Waals surface area contributed by atoms with Crippen molar-refractivity contribution in [3.63, 3.8) is 0 Å². The Labute approximate surface area is 96.7 Å². The van der Waals surface area contributed by atoms with Crippen LogP contribution in [-0.2, 0) is 0 Å². The van der Waals surface area contributed by atoms with Crippen molar-refractivity contribution in [2.75, 3.05) is 5.73 Å². The topological polar surface area (TPSA) is 98.3 Å². The quantitative estimate of drug-likeness (QED) is 0.831. The molecule has 0 spiro atoms. The van der Waals surface area contributed by atoms with E-state index in [0.29, 0.717) is 17.4 Å². The second kappa shape index (κ2) is 4.48. The van der Waals surface area contributed by atoms with Gasteiger partial charge in [0.2, 0.25) is 5.88 Å². The first-order valence-corrected chi connectivity index (χ1v) is 4.74. The summed E-state index contributed by atoms with van der Waals surface area (Å²) in [4.78, 5) is 18.3. The predicted molar refractivity (Wildman–Crippen MR) is 59.9 cm³/mol. The summed E-state index contributed by atoms with van der Waals surface area (Å²) in [6, 6.07) is 6.13. The van der Waals surface area contributed by atoms with Crippen molar-refractivity contribution in [2.45, 2.75) is 0 Å². The Morgan fingerprint density at radius 2 is 2.00 bits per heavy atom. The van der Waals surface area contributed by atoms with Crippen molar-refractivity contribution in [3.05, 3.63) is 42.2 Å². The molecule has 0 aliphatic rings. The monoisotopic (exact) mass is 231 g/mol. The largest absolute Gasteiger partial charge is 0.478 e. The number of carboxylic acid groups (broad SMARTS) is 1. The standard InChI is InChI=1S/C11H9N3O3/c12-9-3-2-8(6-13-9)17-10-4-1-7(5-14-10)11(15)16/h1-6H,(H2,12,13)(H,15,16). The van der Waals surface area contributed by atoms with Gasteiger partial charge in [-0.1, -0.05) is 0 Å². The van der Waals surface area contributed by atoms with Gasteiger partial charge in [0.1, 0.15) is 11.6 Å². The predicted octanol–water partition coefficient (Wildman–Crippen LogP) is 1.55. The van der Waals surface area contributed by atoms with Gasteiger partial charge in [-0.15, -0.1) is 0 Å². The first-order valence-electron chi connectivity index (χ1n) is 4.74. The molecule has 2 heterocycles. The molecule has 2 rings (SSSR count). The molecule has 86 valence electrons. The zero-order valence-electron chi connectivity index (χ0n) is 8.70. The molecule has 2 aromatic heterocycles. The molecule has 2 aromatic rings. The van der Waals surface area contributed by atoms with Crippen LogP contribution in [-0.4, -0.2) is 21.0 Å². The number of pyridine rings is 2. The third-order valence-corrected chi connectivity index (χ3v) is 1.96. The molecule has 0 fully saturated rings. The maximum absolute atomic E-state index is 10.6. The third-order valence-electron chi connectivity index (χ3n) is 1.96. The zero-order chi connectivity index (χ0) is 12.3. The number of nitrogens with two attached hydrogens (primary N) is 1. The Kier molecular flexibility index (Phi) is 2.87. The van der Waals surface area contributed by atoms with E-state index in [0.717, 1.165) is 0 Å². The lowest BCUT2D eigenvalue weighted by molar-refractivity contribution is 0.0696. The third kappa shape index (κ3) is 2.69. The van der Waals surface area contributed by atoms with Crippen LogP contribution in [0.5, 0.6) is 11.6 Å². The number of rotatable bonds is 3. The summed E-state index contributed by atoms with van der Waals surface area (Å²) in [5, 5.41) is 8.69. The molecule has 6 nitrogen and oxygen atoms in total. The molecule has 0 saturated carbocycles. The fourth-order valence-corrected chi connectivity index (χ4v) is 1.14. The fourth-order valence-electron chi connectivity index (χ4n) is 1.14. The van der Waals surface area contributed by atoms with Gasteiger partial charge in [0, 0.05) is 12.3 Å². The SMILES string of the molecule is Nc1ccc(Oc2ccc(C(=O)O)cn2)cn1. The molecule has 6 heteroatoms. The van der Waals surface area contributed by atoms with Gasteiger partial charge in [-0.3, -0.25) is 0 Å². The van der Waals surface area contributed by atoms with Crippen LogP contribution in [0.15, 0.2) is 36.7 Å². The average Bonchev–Trinajstić information content (AvgIpc) is 2.33. The lowest BCUT2D eigenvalue weighted by Gasteiger charge is -2.04. The molecule has 0 bridgehead atoms. The van der Waals surface area contributed by atoms with E-state index in [1.165, 1.54) is 24.5 Å². The van der Waals surface area contributed by atoms with Crippen LogP contribution in [0.25, 0.3) is 0 Å². The second-order valence-corrected chi connectivity index (χ2v) is 3.21. The maximum Gasteiger partial charge on any atom is 0.337 e. The van der Waals surface area contributed by atoms with Gasteiger partial charge in [0.25, 0.3) is 0 Å². The van der Waals surface area contributed by atoms with Crippen molar-refractivity contribution >= 4 is 11.8 Å². The van der Waals surface area contributed by atoms with Gasteiger partial charge in [-0.25, -0.2) is 14.8 Å². The molecule has 17 heavy (non-hydrogen) atoms. The minimum Gasteiger partial charge on any atom is -0.478 e. The molecule has 0 unspecified atom stereocenters. The number of carbonyl (C=O) groups is 1. The summed E-state index contributed by atoms with van der Waals surface area (Å²) in [6.45, 7) is 0. The maximum atomic E-state index is 10.6. The molecule has 0 saturated heterocycles. The fraction of sp³-hybridized carbons (Fsp3) is 0. The van der Waals surface area contributed by atoms with Crippen LogP contribution in [0.3, 0.4) is 0 Å². The summed E-state index contributed by atoms with van der Waals surface area (Å²) in [7, 11) is 0. The Bertz CT molecular complexity index is 523. The summed E-state index contributed by atoms with van der Waals surface area (Å²) in [6.07, 6.45) is 2.69. The van der Waals surface area contributed by atoms with Crippen LogP contribution < -0.4 is 10.5 Å². The summed E-state index contributed by atoms with van der Waals surface area (Å²) >= 11 is 0. The molecular weight excluding hydrogens is 222 g/mol. The lowest BCUT2D eigenvalue weighted by atomic mass is 10.3. The van der Waals surface area contributed by atoms with Gasteiger partial charge in [-0.05, 0) is 18.2 Å². The van der Waals surface area contributed by atoms with Crippen molar-refractivity contribution in [1.29, 1.82) is 0 Å². The highest BCUT2D eigenvalue weighted by Gasteiger charge is 2.04. The van der Waals surface area contributed by atoms with Crippen LogP contribution >= 0.6 is 0 Å². The van der Waals surface area contributed by atoms with Crippen molar-refractivity contribution < 1.29 is 14.6 Å². The van der Waals surface area contributed by atoms with Gasteiger partial charge < -0.3 is 15.6 Å². The molecule has 0 atom stereocenters. The van der Waals surface area contributed by atoms with Gasteiger partial charge in [-0.2, -0.15) is 0 Å². The smallest absolute Gasteiger partial charge is 0.337 e. The molecule has 0 aliphatic heterocycles. The van der Waals surface area contributed by atoms with Gasteiger partial charge in [0.05, 0.1) is 11.8 Å². The zero-order valence-corrected chi connectivity index (χ0v) is 8.70. The van der Waals surface area contributed by atoms with Crippen molar-refractivity contribution in [2.24, 2.45) is 0 Å². The molecular formula is C11H9N3O3. The number of anilines is 1. The van der Waals surface area contributed by atoms with E-state index in [9.17, 15) is 4.79 Å². The number of aromatic nitrogens is 2. The summed E-state index contributed by atoms with van der Waals surface area (Å²) < 4.78 is 5.35. The molecule has 3 N–H and O–H groups in total. The second-order valence-electron chi connectivity index (χ2n) is 3.21. The minimum absolute atomic E-state index is 0.104. The molecule has 0 aromatic carbocycles. The molecule has 0 aliphatic carbocycles. The number of aromatic carboxylic acids is 1. The van der Waals surface area contributed by atoms with Crippen LogP contribution in [0.1, 0.15) is 10.4 Å². The number of nitrogens with zero attached hydrogens (tertiary/aromatic N) is 2. The summed E-state index contributed by atoms with van der Waals surface area (Å²) in [5.74, 6) is 0.140. The number of hydrogen-bond acceptors (Lipinski definition) is 5. The Balaban J connectivity index is 2.13. The van der Waals surface area contributed by atoms with Gasteiger partial charge >= 0.3 is 5.97 Å². The van der Waals surface area contributed by atoms with E-state index >= 15 is 0 Å². The van der Waals surface area contributed by atoms with E-state index < -0.39 is 5.97 Å². The first-order chi connectivity index (χ1) is 8.15. The molecule has 0 amide bonds. The highest BCUT2D eigenvalue weighted by Crippen LogP contribution is 2.18. The van der Waals surface area contributed by atoms with E-state index in [2.05, 4.69) is 9.97 Å². The van der Waals surface area contributed by atoms with Crippen LogP contribution in [0.2, 0.25) is 0 Å². The first kappa shape index (κ1) is 10.9. The normalized spacial score (nSPS) is 9.88. The number of hydrogen-bond donors (Lipinski definition) is 2. The van der Waals surface area contributed by atoms with Crippen molar-refractivity contribution in [3.8, 4) is 11.6 Å². The summed E-state index contributed by atoms with van der Waals surface area (Å²) in [5.41, 5.74) is 5.53. The minimum atomic E-state index is -1.03. The molecule has 0 radical (unpaired) electrons. The number of nitrogen functional groups attached to an aromatic ring is 1. The van der Waals surface area contributed by atoms with E-state index in [-0.39, 0.29) is 5.56 Å². The number of carboxylic acids is 1. The average molecular weight is 231 g/mol. The number of ether oxygens (including phenoxy) is 1. The van der Waals surface area contributed by atoms with Crippen LogP contribution in [0, 0.1) is 0 Å². The Morgan fingerprint density at radius 3 is 2.53 bits per heavy atom. The highest BCUT2D eigenvalue weighted by atomic mass is 16.5. The Hall–Kier alpha value is -2.63. The van der Waals surface area contributed by atoms with E-state index in [1.54, 1.807) is 12.1 Å². The Morgan fingerprint density at radius 1 is 1.18 bits per heavy atom. The van der Waals surface area contributed by atoms with E-state index in [4.69, 9.17) is 15.6 Å². The lowest BCUT2D eigenvalue weighted by Crippen LogP contribution is -1.97. The van der Waals surface area contributed by atoms with Gasteiger partial charge in [0.15, 0.2) is 0 Å². The highest BCUT2D eigenvalue weighted by molar-refractivity contribution is 5.87. The van der Waals surface area contributed by atoms with Crippen LogP contribution in [0.4, 0.5) is 5.82 Å². The van der Waals surface area contributed by atoms with E-state index in [1.807, 2.05) is 0 Å². The van der Waals surface area contributed by atoms with Crippen molar-refractivity contribution in [1.82, 2.24) is 9.97 Å².